The number of hydrogen-bond acceptors (Lipinski definition) is 3. The maximum absolute atomic E-state index is 12.0. The van der Waals surface area contributed by atoms with Crippen LogP contribution in [0.1, 0.15) is 84.6 Å². The quantitative estimate of drug-likeness (QED) is 0.528. The van der Waals surface area contributed by atoms with Crippen molar-refractivity contribution in [1.29, 1.82) is 0 Å². The lowest BCUT2D eigenvalue weighted by Crippen LogP contribution is -2.39. The van der Waals surface area contributed by atoms with Gasteiger partial charge in [0.2, 0.25) is 10.0 Å². The molecule has 2 N–H and O–H groups in total. The van der Waals surface area contributed by atoms with E-state index in [1.807, 2.05) is 0 Å². The van der Waals surface area contributed by atoms with E-state index in [0.717, 1.165) is 37.6 Å². The van der Waals surface area contributed by atoms with Gasteiger partial charge in [-0.1, -0.05) is 32.4 Å². The van der Waals surface area contributed by atoms with Crippen LogP contribution < -0.4 is 10.0 Å². The SMILES string of the molecule is CC1CC(C)CC(c2ccc(NCCCCCNS(=O)(=O)C(C)(C)C)cc2)C1. The Morgan fingerprint density at radius 3 is 2.04 bits per heavy atom. The fraction of sp³-hybridized carbons (Fsp3) is 0.739. The van der Waals surface area contributed by atoms with E-state index >= 15 is 0 Å². The minimum Gasteiger partial charge on any atom is -0.385 e. The fourth-order valence-corrected chi connectivity index (χ4v) is 5.02. The molecule has 0 spiro atoms. The minimum atomic E-state index is -3.22. The maximum atomic E-state index is 12.0. The van der Waals surface area contributed by atoms with Gasteiger partial charge in [0.15, 0.2) is 0 Å². The molecule has 1 aromatic rings. The van der Waals surface area contributed by atoms with E-state index < -0.39 is 14.8 Å². The standard InChI is InChI=1S/C23H40N2O2S/c1-18-15-19(2)17-21(16-18)20-9-11-22(12-10-20)24-13-7-6-8-14-25-28(26,27)23(3,4)5/h9-12,18-19,21,24-25H,6-8,13-17H2,1-5H3. The van der Waals surface area contributed by atoms with Crippen LogP contribution in [0.5, 0.6) is 0 Å². The van der Waals surface area contributed by atoms with Crippen LogP contribution in [-0.2, 0) is 10.0 Å². The van der Waals surface area contributed by atoms with E-state index in [0.29, 0.717) is 12.5 Å². The third-order valence-electron chi connectivity index (χ3n) is 5.84. The molecule has 160 valence electrons. The third-order valence-corrected chi connectivity index (χ3v) is 8.04. The largest absolute Gasteiger partial charge is 0.385 e. The van der Waals surface area contributed by atoms with Crippen LogP contribution in [0.3, 0.4) is 0 Å². The summed E-state index contributed by atoms with van der Waals surface area (Å²) in [5, 5.41) is 3.49. The molecule has 0 heterocycles. The average Bonchev–Trinajstić information content (AvgIpc) is 2.59. The Morgan fingerprint density at radius 1 is 0.893 bits per heavy atom. The van der Waals surface area contributed by atoms with Gasteiger partial charge in [-0.2, -0.15) is 0 Å². The Balaban J connectivity index is 1.65. The number of benzene rings is 1. The molecule has 0 aliphatic heterocycles. The molecule has 2 unspecified atom stereocenters. The first-order valence-electron chi connectivity index (χ1n) is 10.9. The van der Waals surface area contributed by atoms with Gasteiger partial charge >= 0.3 is 0 Å². The number of unbranched alkanes of at least 4 members (excludes halogenated alkanes) is 2. The molecule has 28 heavy (non-hydrogen) atoms. The van der Waals surface area contributed by atoms with Crippen molar-refractivity contribution in [1.82, 2.24) is 4.72 Å². The Bertz CT molecular complexity index is 682. The van der Waals surface area contributed by atoms with Gasteiger partial charge in [-0.05, 0) is 88.3 Å². The van der Waals surface area contributed by atoms with Gasteiger partial charge in [-0.3, -0.25) is 0 Å². The zero-order valence-corrected chi connectivity index (χ0v) is 19.2. The van der Waals surface area contributed by atoms with Crippen molar-refractivity contribution >= 4 is 15.7 Å². The summed E-state index contributed by atoms with van der Waals surface area (Å²) in [6.07, 6.45) is 6.92. The summed E-state index contributed by atoms with van der Waals surface area (Å²) in [6.45, 7) is 11.4. The van der Waals surface area contributed by atoms with Crippen LogP contribution in [0.4, 0.5) is 5.69 Å². The Kier molecular flexibility index (Phi) is 8.38. The second-order valence-corrected chi connectivity index (χ2v) is 12.3. The number of sulfonamides is 1. The highest BCUT2D eigenvalue weighted by Crippen LogP contribution is 2.39. The number of nitrogens with one attached hydrogen (secondary N) is 2. The molecule has 0 bridgehead atoms. The molecule has 1 fully saturated rings. The van der Waals surface area contributed by atoms with Crippen molar-refractivity contribution in [2.45, 2.75) is 83.8 Å². The smallest absolute Gasteiger partial charge is 0.216 e. The predicted molar refractivity (Wildman–Crippen MR) is 120 cm³/mol. The first-order valence-corrected chi connectivity index (χ1v) is 12.4. The van der Waals surface area contributed by atoms with Crippen molar-refractivity contribution < 1.29 is 8.42 Å². The van der Waals surface area contributed by atoms with E-state index in [1.54, 1.807) is 20.8 Å². The zero-order chi connectivity index (χ0) is 20.8. The second-order valence-electron chi connectivity index (χ2n) is 9.73. The van der Waals surface area contributed by atoms with E-state index in [4.69, 9.17) is 0 Å². The van der Waals surface area contributed by atoms with Gasteiger partial charge in [0.25, 0.3) is 0 Å². The van der Waals surface area contributed by atoms with Gasteiger partial charge in [0.1, 0.15) is 0 Å². The van der Waals surface area contributed by atoms with Crippen LogP contribution >= 0.6 is 0 Å². The average molecular weight is 409 g/mol. The maximum Gasteiger partial charge on any atom is 0.216 e. The molecule has 0 radical (unpaired) electrons. The normalized spacial score (nSPS) is 23.5. The summed E-state index contributed by atoms with van der Waals surface area (Å²) in [7, 11) is -3.22. The summed E-state index contributed by atoms with van der Waals surface area (Å²) < 4.78 is 25.9. The third kappa shape index (κ3) is 7.07. The molecule has 1 aliphatic carbocycles. The zero-order valence-electron chi connectivity index (χ0n) is 18.4. The van der Waals surface area contributed by atoms with Crippen molar-refractivity contribution in [2.75, 3.05) is 18.4 Å². The highest BCUT2D eigenvalue weighted by molar-refractivity contribution is 7.90. The van der Waals surface area contributed by atoms with Crippen LogP contribution in [-0.4, -0.2) is 26.3 Å². The number of anilines is 1. The van der Waals surface area contributed by atoms with Crippen molar-refractivity contribution in [2.24, 2.45) is 11.8 Å². The summed E-state index contributed by atoms with van der Waals surface area (Å²) in [5.74, 6) is 2.38. The monoisotopic (exact) mass is 408 g/mol. The fourth-order valence-electron chi connectivity index (χ4n) is 4.17. The topological polar surface area (TPSA) is 58.2 Å². The molecule has 5 heteroatoms. The van der Waals surface area contributed by atoms with Crippen molar-refractivity contribution in [3.8, 4) is 0 Å². The second kappa shape index (κ2) is 10.1. The van der Waals surface area contributed by atoms with Crippen molar-refractivity contribution in [3.63, 3.8) is 0 Å². The molecule has 0 aromatic heterocycles. The highest BCUT2D eigenvalue weighted by atomic mass is 32.2. The summed E-state index contributed by atoms with van der Waals surface area (Å²) in [6, 6.07) is 8.99. The minimum absolute atomic E-state index is 0.520. The Morgan fingerprint density at radius 2 is 1.46 bits per heavy atom. The van der Waals surface area contributed by atoms with Gasteiger partial charge in [0.05, 0.1) is 4.75 Å². The lowest BCUT2D eigenvalue weighted by molar-refractivity contribution is 0.268. The predicted octanol–water partition coefficient (Wildman–Crippen LogP) is 5.53. The molecule has 1 aromatic carbocycles. The van der Waals surface area contributed by atoms with Gasteiger partial charge in [-0.15, -0.1) is 0 Å². The molecule has 1 aliphatic rings. The molecular weight excluding hydrogens is 368 g/mol. The van der Waals surface area contributed by atoms with Gasteiger partial charge < -0.3 is 5.32 Å². The lowest BCUT2D eigenvalue weighted by atomic mass is 9.74. The number of rotatable bonds is 9. The molecule has 4 nitrogen and oxygen atoms in total. The van der Waals surface area contributed by atoms with Crippen LogP contribution in [0.25, 0.3) is 0 Å². The van der Waals surface area contributed by atoms with Crippen LogP contribution in [0.15, 0.2) is 24.3 Å². The Labute approximate surface area is 172 Å². The lowest BCUT2D eigenvalue weighted by Gasteiger charge is -2.31. The molecule has 0 amide bonds. The van der Waals surface area contributed by atoms with Gasteiger partial charge in [-0.25, -0.2) is 13.1 Å². The van der Waals surface area contributed by atoms with E-state index in [-0.39, 0.29) is 0 Å². The summed E-state index contributed by atoms with van der Waals surface area (Å²) >= 11 is 0. The summed E-state index contributed by atoms with van der Waals surface area (Å²) in [4.78, 5) is 0. The summed E-state index contributed by atoms with van der Waals surface area (Å²) in [5.41, 5.74) is 2.66. The molecule has 2 atom stereocenters. The molecular formula is C23H40N2O2S. The van der Waals surface area contributed by atoms with Crippen LogP contribution in [0, 0.1) is 11.8 Å². The molecule has 2 rings (SSSR count). The number of hydrogen-bond donors (Lipinski definition) is 2. The molecule has 1 saturated carbocycles. The molecule has 0 saturated heterocycles. The van der Waals surface area contributed by atoms with E-state index in [2.05, 4.69) is 48.2 Å². The van der Waals surface area contributed by atoms with E-state index in [9.17, 15) is 8.42 Å². The first kappa shape index (κ1) is 23.2. The van der Waals surface area contributed by atoms with Gasteiger partial charge in [0, 0.05) is 18.8 Å². The first-order chi connectivity index (χ1) is 13.1. The Hall–Kier alpha value is -1.07. The highest BCUT2D eigenvalue weighted by Gasteiger charge is 2.28. The van der Waals surface area contributed by atoms with Crippen LogP contribution in [0.2, 0.25) is 0 Å². The van der Waals surface area contributed by atoms with Crippen molar-refractivity contribution in [3.05, 3.63) is 29.8 Å². The van der Waals surface area contributed by atoms with E-state index in [1.165, 1.54) is 30.5 Å².